The number of allylic oxidation sites excluding steroid dienone is 1. The fourth-order valence-electron chi connectivity index (χ4n) is 1.37. The van der Waals surface area contributed by atoms with Crippen molar-refractivity contribution in [2.24, 2.45) is 5.10 Å². The Balaban J connectivity index is 1.94. The highest BCUT2D eigenvalue weighted by Gasteiger charge is 2.04. The van der Waals surface area contributed by atoms with Crippen LogP contribution in [0.15, 0.2) is 58.5 Å². The smallest absolute Gasteiger partial charge is 0.265 e. The Morgan fingerprint density at radius 2 is 2.05 bits per heavy atom. The van der Waals surface area contributed by atoms with Gasteiger partial charge < -0.3 is 0 Å². The van der Waals surface area contributed by atoms with Crippen LogP contribution in [0.4, 0.5) is 0 Å². The van der Waals surface area contributed by atoms with Crippen LogP contribution in [0.25, 0.3) is 6.08 Å². The van der Waals surface area contributed by atoms with Crippen LogP contribution < -0.4 is 5.43 Å². The van der Waals surface area contributed by atoms with Crippen LogP contribution in [-0.2, 0) is 0 Å². The molecule has 0 atom stereocenters. The Kier molecular flexibility index (Phi) is 5.14. The number of carbonyl (C=O) groups is 1. The molecule has 2 rings (SSSR count). The van der Waals surface area contributed by atoms with E-state index in [-0.39, 0.29) is 5.69 Å². The second-order valence-electron chi connectivity index (χ2n) is 3.73. The minimum Gasteiger partial charge on any atom is -0.265 e. The number of amides is 1. The number of halogens is 1. The first kappa shape index (κ1) is 14.1. The normalized spacial score (nSPS) is 11.6. The topological polar surface area (TPSA) is 67.2 Å². The van der Waals surface area contributed by atoms with Crippen LogP contribution in [-0.4, -0.2) is 22.1 Å². The fourth-order valence-corrected chi connectivity index (χ4v) is 1.74. The number of rotatable bonds is 4. The fraction of sp³-hybridized carbons (Fsp3) is 0. The van der Waals surface area contributed by atoms with Crippen molar-refractivity contribution in [2.45, 2.75) is 0 Å². The van der Waals surface area contributed by atoms with Crippen LogP contribution in [0.3, 0.4) is 0 Å². The lowest BCUT2D eigenvalue weighted by atomic mass is 10.2. The lowest BCUT2D eigenvalue weighted by molar-refractivity contribution is 0.0950. The summed E-state index contributed by atoms with van der Waals surface area (Å²) >= 11 is 3.35. The molecule has 0 bridgehead atoms. The van der Waals surface area contributed by atoms with Crippen molar-refractivity contribution in [1.29, 1.82) is 0 Å². The minimum atomic E-state index is -0.408. The summed E-state index contributed by atoms with van der Waals surface area (Å²) in [5, 5.41) is 3.84. The molecular weight excluding hydrogens is 320 g/mol. The highest BCUT2D eigenvalue weighted by atomic mass is 79.9. The molecule has 0 radical (unpaired) electrons. The summed E-state index contributed by atoms with van der Waals surface area (Å²) in [5.41, 5.74) is 3.62. The summed E-state index contributed by atoms with van der Waals surface area (Å²) in [7, 11) is 0. The summed E-state index contributed by atoms with van der Waals surface area (Å²) in [6, 6.07) is 9.76. The lowest BCUT2D eigenvalue weighted by Gasteiger charge is -1.97. The zero-order valence-electron chi connectivity index (χ0n) is 10.4. The van der Waals surface area contributed by atoms with Gasteiger partial charge in [-0.05, 0) is 27.6 Å². The van der Waals surface area contributed by atoms with E-state index in [2.05, 4.69) is 36.4 Å². The van der Waals surface area contributed by atoms with E-state index in [1.807, 2.05) is 36.4 Å². The largest absolute Gasteiger partial charge is 0.291 e. The standard InChI is InChI=1S/C14H11BrN4O/c15-12(8-11-4-2-1-3-5-11)9-18-19-14(20)13-10-16-6-7-17-13/h1-10H,(H,19,20)/b12-8+,18-9-. The van der Waals surface area contributed by atoms with Gasteiger partial charge in [-0.25, -0.2) is 10.4 Å². The second-order valence-corrected chi connectivity index (χ2v) is 4.65. The molecule has 100 valence electrons. The van der Waals surface area contributed by atoms with Gasteiger partial charge in [-0.3, -0.25) is 9.78 Å². The predicted molar refractivity (Wildman–Crippen MR) is 81.3 cm³/mol. The lowest BCUT2D eigenvalue weighted by Crippen LogP contribution is -2.18. The molecule has 1 amide bonds. The highest BCUT2D eigenvalue weighted by molar-refractivity contribution is 9.12. The van der Waals surface area contributed by atoms with Crippen LogP contribution in [0, 0.1) is 0 Å². The molecule has 0 spiro atoms. The summed E-state index contributed by atoms with van der Waals surface area (Å²) in [6.45, 7) is 0. The van der Waals surface area contributed by atoms with Crippen molar-refractivity contribution in [3.8, 4) is 0 Å². The Morgan fingerprint density at radius 1 is 1.25 bits per heavy atom. The number of nitrogens with zero attached hydrogens (tertiary/aromatic N) is 3. The van der Waals surface area contributed by atoms with E-state index in [0.717, 1.165) is 10.0 Å². The number of benzene rings is 1. The zero-order valence-corrected chi connectivity index (χ0v) is 12.0. The first-order valence-corrected chi connectivity index (χ1v) is 6.56. The van der Waals surface area contributed by atoms with E-state index in [1.54, 1.807) is 0 Å². The molecule has 0 saturated heterocycles. The van der Waals surface area contributed by atoms with Crippen molar-refractivity contribution in [1.82, 2.24) is 15.4 Å². The van der Waals surface area contributed by atoms with Gasteiger partial charge in [-0.15, -0.1) is 0 Å². The summed E-state index contributed by atoms with van der Waals surface area (Å²) in [6.07, 6.45) is 7.71. The second kappa shape index (κ2) is 7.30. The van der Waals surface area contributed by atoms with Gasteiger partial charge in [0.2, 0.25) is 0 Å². The molecule has 0 unspecified atom stereocenters. The molecule has 0 aliphatic carbocycles. The summed E-state index contributed by atoms with van der Waals surface area (Å²) in [4.78, 5) is 19.3. The number of hydrogen-bond donors (Lipinski definition) is 1. The summed E-state index contributed by atoms with van der Waals surface area (Å²) < 4.78 is 0.739. The van der Waals surface area contributed by atoms with E-state index in [9.17, 15) is 4.79 Å². The minimum absolute atomic E-state index is 0.216. The maximum atomic E-state index is 11.6. The average Bonchev–Trinajstić information content (AvgIpc) is 2.49. The monoisotopic (exact) mass is 330 g/mol. The van der Waals surface area contributed by atoms with Gasteiger partial charge in [0.25, 0.3) is 5.91 Å². The van der Waals surface area contributed by atoms with Crippen molar-refractivity contribution in [3.05, 3.63) is 64.7 Å². The maximum Gasteiger partial charge on any atom is 0.291 e. The molecular formula is C14H11BrN4O. The molecule has 6 heteroatoms. The molecule has 1 N–H and O–H groups in total. The Labute approximate surface area is 124 Å². The van der Waals surface area contributed by atoms with Gasteiger partial charge in [0.15, 0.2) is 0 Å². The third-order valence-electron chi connectivity index (χ3n) is 2.25. The molecule has 1 aromatic heterocycles. The number of hydrazone groups is 1. The average molecular weight is 331 g/mol. The van der Waals surface area contributed by atoms with Crippen LogP contribution in [0.2, 0.25) is 0 Å². The van der Waals surface area contributed by atoms with E-state index in [4.69, 9.17) is 0 Å². The molecule has 0 fully saturated rings. The molecule has 0 aliphatic rings. The molecule has 5 nitrogen and oxygen atoms in total. The van der Waals surface area contributed by atoms with Crippen LogP contribution in [0.1, 0.15) is 16.1 Å². The third-order valence-corrected chi connectivity index (χ3v) is 2.69. The molecule has 20 heavy (non-hydrogen) atoms. The number of carbonyl (C=O) groups excluding carboxylic acids is 1. The number of aromatic nitrogens is 2. The first-order chi connectivity index (χ1) is 9.75. The van der Waals surface area contributed by atoms with E-state index in [0.29, 0.717) is 0 Å². The van der Waals surface area contributed by atoms with Gasteiger partial charge in [-0.2, -0.15) is 5.10 Å². The van der Waals surface area contributed by atoms with E-state index < -0.39 is 5.91 Å². The Bertz CT molecular complexity index is 626. The van der Waals surface area contributed by atoms with Crippen molar-refractivity contribution in [3.63, 3.8) is 0 Å². The molecule has 1 aromatic carbocycles. The number of nitrogens with one attached hydrogen (secondary N) is 1. The molecule has 0 saturated carbocycles. The van der Waals surface area contributed by atoms with Gasteiger partial charge in [0.1, 0.15) is 5.69 Å². The van der Waals surface area contributed by atoms with Gasteiger partial charge in [0.05, 0.1) is 12.4 Å². The highest BCUT2D eigenvalue weighted by Crippen LogP contribution is 2.09. The zero-order chi connectivity index (χ0) is 14.2. The first-order valence-electron chi connectivity index (χ1n) is 5.77. The SMILES string of the molecule is O=C(N/N=C\C(Br)=C/c1ccccc1)c1cnccn1. The maximum absolute atomic E-state index is 11.6. The third kappa shape index (κ3) is 4.40. The Morgan fingerprint density at radius 3 is 2.75 bits per heavy atom. The van der Waals surface area contributed by atoms with E-state index in [1.165, 1.54) is 24.8 Å². The summed E-state index contributed by atoms with van der Waals surface area (Å²) in [5.74, 6) is -0.408. The van der Waals surface area contributed by atoms with Crippen LogP contribution in [0.5, 0.6) is 0 Å². The van der Waals surface area contributed by atoms with Crippen molar-refractivity contribution >= 4 is 34.1 Å². The quantitative estimate of drug-likeness (QED) is 0.692. The van der Waals surface area contributed by atoms with Gasteiger partial charge in [-0.1, -0.05) is 30.3 Å². The molecule has 1 heterocycles. The molecule has 0 aliphatic heterocycles. The van der Waals surface area contributed by atoms with Crippen molar-refractivity contribution in [2.75, 3.05) is 0 Å². The molecule has 2 aromatic rings. The predicted octanol–water partition coefficient (Wildman–Crippen LogP) is 2.63. The van der Waals surface area contributed by atoms with E-state index >= 15 is 0 Å². The van der Waals surface area contributed by atoms with Gasteiger partial charge >= 0.3 is 0 Å². The Hall–Kier alpha value is -2.34. The van der Waals surface area contributed by atoms with Gasteiger partial charge in [0, 0.05) is 16.9 Å². The van der Waals surface area contributed by atoms with Crippen LogP contribution >= 0.6 is 15.9 Å². The van der Waals surface area contributed by atoms with Crippen molar-refractivity contribution < 1.29 is 4.79 Å². The number of hydrogen-bond acceptors (Lipinski definition) is 4.